The summed E-state index contributed by atoms with van der Waals surface area (Å²) in [5, 5.41) is 6.21. The van der Waals surface area contributed by atoms with Gasteiger partial charge in [-0.1, -0.05) is 6.07 Å². The average Bonchev–Trinajstić information content (AvgIpc) is 2.71. The molecule has 1 unspecified atom stereocenters. The molecule has 0 saturated carbocycles. The van der Waals surface area contributed by atoms with Crippen molar-refractivity contribution in [2.45, 2.75) is 18.9 Å². The summed E-state index contributed by atoms with van der Waals surface area (Å²) in [7, 11) is -1.04. The van der Waals surface area contributed by atoms with Crippen LogP contribution >= 0.6 is 15.9 Å². The Labute approximate surface area is 184 Å². The Morgan fingerprint density at radius 3 is 2.77 bits per heavy atom. The molecule has 1 aromatic carbocycles. The second-order valence-corrected chi connectivity index (χ2v) is 9.13. The van der Waals surface area contributed by atoms with Crippen molar-refractivity contribution in [3.05, 3.63) is 40.2 Å². The summed E-state index contributed by atoms with van der Waals surface area (Å²) in [5.41, 5.74) is 10.8. The maximum atomic E-state index is 14.0. The van der Waals surface area contributed by atoms with Crippen molar-refractivity contribution in [2.75, 3.05) is 36.0 Å². The Morgan fingerprint density at radius 1 is 1.37 bits per heavy atom. The minimum Gasteiger partial charge on any atom is -0.365 e. The molecule has 12 heteroatoms. The molecule has 162 valence electrons. The number of primary amides is 1. The van der Waals surface area contributed by atoms with Crippen LogP contribution in [0.5, 0.6) is 0 Å². The topological polar surface area (TPSA) is 139 Å². The van der Waals surface area contributed by atoms with Crippen molar-refractivity contribution in [1.29, 1.82) is 0 Å². The number of rotatable bonds is 8. The van der Waals surface area contributed by atoms with Crippen molar-refractivity contribution in [3.8, 4) is 0 Å². The van der Waals surface area contributed by atoms with Crippen LogP contribution in [-0.2, 0) is 11.0 Å². The number of nitrogens with one attached hydrogen (secondary N) is 2. The highest BCUT2D eigenvalue weighted by Gasteiger charge is 2.23. The number of nitrogens with two attached hydrogens (primary N) is 2. The summed E-state index contributed by atoms with van der Waals surface area (Å²) in [6, 6.07) is 4.31. The molecule has 30 heavy (non-hydrogen) atoms. The summed E-state index contributed by atoms with van der Waals surface area (Å²) in [4.78, 5) is 20.3. The number of hydrogen-bond acceptors (Lipinski definition) is 7. The van der Waals surface area contributed by atoms with Gasteiger partial charge in [0, 0.05) is 31.9 Å². The molecule has 0 spiro atoms. The number of anilines is 3. The fourth-order valence-electron chi connectivity index (χ4n) is 3.15. The number of piperidine rings is 1. The molecule has 0 radical (unpaired) electrons. The Bertz CT molecular complexity index is 941. The van der Waals surface area contributed by atoms with E-state index in [1.54, 1.807) is 12.3 Å². The van der Waals surface area contributed by atoms with Crippen molar-refractivity contribution >= 4 is 50.3 Å². The van der Waals surface area contributed by atoms with Crippen molar-refractivity contribution in [1.82, 2.24) is 14.3 Å². The van der Waals surface area contributed by atoms with Crippen LogP contribution in [-0.4, -0.2) is 55.8 Å². The van der Waals surface area contributed by atoms with E-state index in [2.05, 4.69) is 36.5 Å². The molecular weight excluding hydrogens is 477 g/mol. The highest BCUT2D eigenvalue weighted by molar-refractivity contribution is 9.10. The lowest BCUT2D eigenvalue weighted by molar-refractivity contribution is 0.0997. The zero-order valence-corrected chi connectivity index (χ0v) is 18.5. The minimum absolute atomic E-state index is 0.125. The molecule has 1 aliphatic heterocycles. The smallest absolute Gasteiger partial charge is 0.253 e. The van der Waals surface area contributed by atoms with E-state index in [-0.39, 0.29) is 17.3 Å². The van der Waals surface area contributed by atoms with E-state index in [0.29, 0.717) is 41.6 Å². The Kier molecular flexibility index (Phi) is 7.69. The lowest BCUT2D eigenvalue weighted by Crippen LogP contribution is -2.41. The number of benzene rings is 1. The molecule has 3 rings (SSSR count). The van der Waals surface area contributed by atoms with Gasteiger partial charge in [0.25, 0.3) is 5.91 Å². The van der Waals surface area contributed by atoms with Crippen LogP contribution in [0, 0.1) is 5.82 Å². The molecular formula is C18H23BrFN7O2S. The fraction of sp³-hybridized carbons (Fsp3) is 0.389. The number of nitrogens with zero attached hydrogens (tertiary/aromatic N) is 3. The zero-order valence-electron chi connectivity index (χ0n) is 16.1. The first-order valence-electron chi connectivity index (χ1n) is 9.37. The number of carbonyl (C=O) groups is 1. The third kappa shape index (κ3) is 5.50. The molecule has 1 aliphatic rings. The quantitative estimate of drug-likeness (QED) is 0.433. The second kappa shape index (κ2) is 10.2. The lowest BCUT2D eigenvalue weighted by Gasteiger charge is -2.31. The van der Waals surface area contributed by atoms with Crippen LogP contribution in [0.1, 0.15) is 23.2 Å². The number of carbonyl (C=O) groups excluding carboxylic acids is 1. The van der Waals surface area contributed by atoms with Gasteiger partial charge in [-0.05, 0) is 40.9 Å². The van der Waals surface area contributed by atoms with Crippen LogP contribution in [0.3, 0.4) is 0 Å². The highest BCUT2D eigenvalue weighted by Crippen LogP contribution is 2.28. The standard InChI is InChI=1S/C18H23BrFN7O2S/c19-12-10-23-18(24-11-4-7-27(8-5-11)30(29)9-6-21)26-17(12)25-14-3-1-2-13(20)15(14)16(22)28/h1-3,10-11H,4-9,21H2,(H2,22,28)(H2,23,24,25,26). The molecule has 9 nitrogen and oxygen atoms in total. The van der Waals surface area contributed by atoms with E-state index >= 15 is 0 Å². The predicted octanol–water partition coefficient (Wildman–Crippen LogP) is 1.72. The van der Waals surface area contributed by atoms with E-state index in [9.17, 15) is 13.4 Å². The largest absolute Gasteiger partial charge is 0.365 e. The summed E-state index contributed by atoms with van der Waals surface area (Å²) in [6.07, 6.45) is 3.13. The van der Waals surface area contributed by atoms with Gasteiger partial charge in [0.2, 0.25) is 5.95 Å². The molecule has 6 N–H and O–H groups in total. The van der Waals surface area contributed by atoms with Gasteiger partial charge in [-0.15, -0.1) is 0 Å². The SMILES string of the molecule is NCCS(=O)N1CCC(Nc2ncc(Br)c(Nc3cccc(F)c3C(N)=O)n2)CC1. The van der Waals surface area contributed by atoms with E-state index in [4.69, 9.17) is 11.5 Å². The van der Waals surface area contributed by atoms with Gasteiger partial charge in [0.05, 0.1) is 32.5 Å². The molecule has 1 fully saturated rings. The van der Waals surface area contributed by atoms with E-state index in [1.165, 1.54) is 12.1 Å². The Hall–Kier alpha value is -2.15. The molecule has 1 amide bonds. The molecule has 1 saturated heterocycles. The van der Waals surface area contributed by atoms with Gasteiger partial charge >= 0.3 is 0 Å². The summed E-state index contributed by atoms with van der Waals surface area (Å²) < 4.78 is 28.5. The maximum absolute atomic E-state index is 14.0. The molecule has 1 aromatic heterocycles. The van der Waals surface area contributed by atoms with Gasteiger partial charge in [-0.2, -0.15) is 4.98 Å². The number of aromatic nitrogens is 2. The van der Waals surface area contributed by atoms with Gasteiger partial charge < -0.3 is 22.1 Å². The maximum Gasteiger partial charge on any atom is 0.253 e. The fourth-order valence-corrected chi connectivity index (χ4v) is 4.51. The minimum atomic E-state index is -1.04. The highest BCUT2D eigenvalue weighted by atomic mass is 79.9. The predicted molar refractivity (Wildman–Crippen MR) is 118 cm³/mol. The summed E-state index contributed by atoms with van der Waals surface area (Å²) in [6.45, 7) is 1.78. The average molecular weight is 500 g/mol. The van der Waals surface area contributed by atoms with E-state index in [1.807, 2.05) is 4.31 Å². The van der Waals surface area contributed by atoms with Crippen LogP contribution < -0.4 is 22.1 Å². The number of hydrogen-bond donors (Lipinski definition) is 4. The third-order valence-electron chi connectivity index (χ3n) is 4.62. The second-order valence-electron chi connectivity index (χ2n) is 6.70. The number of halogens is 2. The molecule has 2 aromatic rings. The first-order chi connectivity index (χ1) is 14.4. The lowest BCUT2D eigenvalue weighted by atomic mass is 10.1. The van der Waals surface area contributed by atoms with Crippen LogP contribution in [0.4, 0.5) is 21.8 Å². The van der Waals surface area contributed by atoms with Crippen LogP contribution in [0.25, 0.3) is 0 Å². The van der Waals surface area contributed by atoms with Crippen LogP contribution in [0.2, 0.25) is 0 Å². The zero-order chi connectivity index (χ0) is 21.7. The first kappa shape index (κ1) is 22.5. The summed E-state index contributed by atoms with van der Waals surface area (Å²) in [5.74, 6) is -0.370. The van der Waals surface area contributed by atoms with Crippen molar-refractivity contribution in [2.24, 2.45) is 11.5 Å². The van der Waals surface area contributed by atoms with Gasteiger partial charge in [-0.3, -0.25) is 4.79 Å². The van der Waals surface area contributed by atoms with Crippen molar-refractivity contribution in [3.63, 3.8) is 0 Å². The van der Waals surface area contributed by atoms with Gasteiger partial charge in [-0.25, -0.2) is 17.9 Å². The first-order valence-corrected chi connectivity index (χ1v) is 11.4. The van der Waals surface area contributed by atoms with E-state index in [0.717, 1.165) is 12.8 Å². The summed E-state index contributed by atoms with van der Waals surface area (Å²) >= 11 is 3.36. The Morgan fingerprint density at radius 2 is 2.10 bits per heavy atom. The van der Waals surface area contributed by atoms with Gasteiger partial charge in [0.1, 0.15) is 11.6 Å². The monoisotopic (exact) mass is 499 g/mol. The third-order valence-corrected chi connectivity index (χ3v) is 6.73. The van der Waals surface area contributed by atoms with E-state index < -0.39 is 22.7 Å². The molecule has 2 heterocycles. The number of amides is 1. The normalized spacial score (nSPS) is 16.2. The van der Waals surface area contributed by atoms with Gasteiger partial charge in [0.15, 0.2) is 0 Å². The Balaban J connectivity index is 1.69. The van der Waals surface area contributed by atoms with Crippen molar-refractivity contribution < 1.29 is 13.4 Å². The van der Waals surface area contributed by atoms with Crippen LogP contribution in [0.15, 0.2) is 28.9 Å². The molecule has 0 aliphatic carbocycles. The molecule has 0 bridgehead atoms. The molecule has 1 atom stereocenters.